The third kappa shape index (κ3) is 3.30. The molecule has 2 unspecified atom stereocenters. The molecular weight excluding hydrogens is 234 g/mol. The van der Waals surface area contributed by atoms with Gasteiger partial charge in [-0.25, -0.2) is 0 Å². The van der Waals surface area contributed by atoms with Crippen LogP contribution in [0.4, 0.5) is 0 Å². The zero-order valence-electron chi connectivity index (χ0n) is 11.9. The quantitative estimate of drug-likeness (QED) is 0.754. The second kappa shape index (κ2) is 5.96. The Bertz CT molecular complexity index is 396. The van der Waals surface area contributed by atoms with Crippen LogP contribution in [0.15, 0.2) is 24.3 Å². The molecule has 0 saturated heterocycles. The molecule has 2 atom stereocenters. The molecule has 19 heavy (non-hydrogen) atoms. The van der Waals surface area contributed by atoms with Crippen molar-refractivity contribution in [3.05, 3.63) is 29.8 Å². The van der Waals surface area contributed by atoms with Crippen molar-refractivity contribution in [2.45, 2.75) is 51.0 Å². The molecule has 1 N–H and O–H groups in total. The van der Waals surface area contributed by atoms with E-state index in [2.05, 4.69) is 36.5 Å². The lowest BCUT2D eigenvalue weighted by Gasteiger charge is -2.37. The van der Waals surface area contributed by atoms with Crippen molar-refractivity contribution in [1.82, 2.24) is 5.32 Å². The average Bonchev–Trinajstić information content (AvgIpc) is 3.20. The smallest absolute Gasteiger partial charge is 0.119 e. The second-order valence-corrected chi connectivity index (χ2v) is 6.03. The highest BCUT2D eigenvalue weighted by molar-refractivity contribution is 5.31. The fourth-order valence-electron chi connectivity index (χ4n) is 2.89. The minimum absolute atomic E-state index is 0.501. The van der Waals surface area contributed by atoms with Crippen LogP contribution in [0.25, 0.3) is 0 Å². The molecule has 0 spiro atoms. The van der Waals surface area contributed by atoms with E-state index < -0.39 is 0 Å². The molecule has 0 amide bonds. The first-order valence-corrected chi connectivity index (χ1v) is 7.84. The van der Waals surface area contributed by atoms with Gasteiger partial charge >= 0.3 is 0 Å². The molecule has 1 aromatic rings. The summed E-state index contributed by atoms with van der Waals surface area (Å²) in [6.45, 7) is 4.56. The van der Waals surface area contributed by atoms with E-state index in [4.69, 9.17) is 4.74 Å². The number of hydrogen-bond donors (Lipinski definition) is 1. The van der Waals surface area contributed by atoms with Crippen molar-refractivity contribution in [1.29, 1.82) is 0 Å². The molecule has 0 bridgehead atoms. The summed E-state index contributed by atoms with van der Waals surface area (Å²) in [5, 5.41) is 3.56. The van der Waals surface area contributed by atoms with Crippen LogP contribution >= 0.6 is 0 Å². The van der Waals surface area contributed by atoms with Crippen LogP contribution in [0.2, 0.25) is 0 Å². The normalized spacial score (nSPS) is 25.9. The SMILES string of the molecule is CCCNCC1CCC1c1ccc(OC2CC2)cc1. The second-order valence-electron chi connectivity index (χ2n) is 6.03. The highest BCUT2D eigenvalue weighted by Crippen LogP contribution is 2.42. The van der Waals surface area contributed by atoms with Gasteiger partial charge in [0.2, 0.25) is 0 Å². The maximum Gasteiger partial charge on any atom is 0.119 e. The molecule has 0 heterocycles. The molecular formula is C17H25NO. The third-order valence-corrected chi connectivity index (χ3v) is 4.39. The predicted octanol–water partition coefficient (Wildman–Crippen LogP) is 3.72. The van der Waals surface area contributed by atoms with Gasteiger partial charge in [0.1, 0.15) is 5.75 Å². The Morgan fingerprint density at radius 1 is 1.11 bits per heavy atom. The van der Waals surface area contributed by atoms with Gasteiger partial charge in [0.15, 0.2) is 0 Å². The van der Waals surface area contributed by atoms with Crippen molar-refractivity contribution in [3.8, 4) is 5.75 Å². The molecule has 3 rings (SSSR count). The van der Waals surface area contributed by atoms with Gasteiger partial charge in [0.25, 0.3) is 0 Å². The lowest BCUT2D eigenvalue weighted by Crippen LogP contribution is -2.34. The lowest BCUT2D eigenvalue weighted by atomic mass is 9.70. The third-order valence-electron chi connectivity index (χ3n) is 4.39. The molecule has 2 aliphatic carbocycles. The summed E-state index contributed by atoms with van der Waals surface area (Å²) in [4.78, 5) is 0. The van der Waals surface area contributed by atoms with Gasteiger partial charge in [-0.1, -0.05) is 19.1 Å². The Morgan fingerprint density at radius 3 is 2.47 bits per heavy atom. The standard InChI is InChI=1S/C17H25NO/c1-2-11-18-12-14-5-10-17(14)13-3-6-15(7-4-13)19-16-8-9-16/h3-4,6-7,14,16-18H,2,5,8-12H2,1H3. The zero-order chi connectivity index (χ0) is 13.1. The number of benzene rings is 1. The van der Waals surface area contributed by atoms with Crippen molar-refractivity contribution < 1.29 is 4.74 Å². The van der Waals surface area contributed by atoms with Gasteiger partial charge in [0.05, 0.1) is 6.10 Å². The summed E-state index contributed by atoms with van der Waals surface area (Å²) in [7, 11) is 0. The lowest BCUT2D eigenvalue weighted by molar-refractivity contribution is 0.246. The van der Waals surface area contributed by atoms with Gasteiger partial charge in [-0.15, -0.1) is 0 Å². The molecule has 0 radical (unpaired) electrons. The molecule has 2 fully saturated rings. The molecule has 2 saturated carbocycles. The van der Waals surface area contributed by atoms with Gasteiger partial charge < -0.3 is 10.1 Å². The number of rotatable bonds is 7. The van der Waals surface area contributed by atoms with E-state index in [9.17, 15) is 0 Å². The fraction of sp³-hybridized carbons (Fsp3) is 0.647. The van der Waals surface area contributed by atoms with E-state index in [-0.39, 0.29) is 0 Å². The molecule has 0 aromatic heterocycles. The fourth-order valence-corrected chi connectivity index (χ4v) is 2.89. The molecule has 2 aliphatic rings. The van der Waals surface area contributed by atoms with E-state index in [1.54, 1.807) is 0 Å². The minimum atomic E-state index is 0.501. The topological polar surface area (TPSA) is 21.3 Å². The zero-order valence-corrected chi connectivity index (χ0v) is 11.9. The monoisotopic (exact) mass is 259 g/mol. The number of ether oxygens (including phenoxy) is 1. The Hall–Kier alpha value is -1.02. The van der Waals surface area contributed by atoms with Gasteiger partial charge in [-0.3, -0.25) is 0 Å². The summed E-state index contributed by atoms with van der Waals surface area (Å²) in [5.41, 5.74) is 1.50. The van der Waals surface area contributed by atoms with Crippen molar-refractivity contribution in [2.24, 2.45) is 5.92 Å². The maximum absolute atomic E-state index is 5.81. The molecule has 104 valence electrons. The molecule has 0 aliphatic heterocycles. The van der Waals surface area contributed by atoms with Crippen LogP contribution in [0.3, 0.4) is 0 Å². The summed E-state index contributed by atoms with van der Waals surface area (Å²) in [6, 6.07) is 8.85. The van der Waals surface area contributed by atoms with Crippen molar-refractivity contribution >= 4 is 0 Å². The van der Waals surface area contributed by atoms with E-state index in [1.165, 1.54) is 44.2 Å². The highest BCUT2D eigenvalue weighted by atomic mass is 16.5. The Morgan fingerprint density at radius 2 is 1.89 bits per heavy atom. The van der Waals surface area contributed by atoms with E-state index >= 15 is 0 Å². The van der Waals surface area contributed by atoms with Crippen LogP contribution in [0.1, 0.15) is 50.5 Å². The Kier molecular flexibility index (Phi) is 4.07. The molecule has 1 aromatic carbocycles. The van der Waals surface area contributed by atoms with E-state index in [0.717, 1.165) is 24.1 Å². The first kappa shape index (κ1) is 13.0. The Labute approximate surface area is 116 Å². The van der Waals surface area contributed by atoms with Crippen LogP contribution in [0, 0.1) is 5.92 Å². The van der Waals surface area contributed by atoms with Crippen LogP contribution in [-0.2, 0) is 0 Å². The van der Waals surface area contributed by atoms with Crippen molar-refractivity contribution in [2.75, 3.05) is 13.1 Å². The van der Waals surface area contributed by atoms with Gasteiger partial charge in [0, 0.05) is 0 Å². The van der Waals surface area contributed by atoms with Crippen LogP contribution in [-0.4, -0.2) is 19.2 Å². The van der Waals surface area contributed by atoms with Crippen LogP contribution in [0.5, 0.6) is 5.75 Å². The van der Waals surface area contributed by atoms with Crippen molar-refractivity contribution in [3.63, 3.8) is 0 Å². The summed E-state index contributed by atoms with van der Waals surface area (Å²) < 4.78 is 5.81. The molecule has 2 heteroatoms. The van der Waals surface area contributed by atoms with Gasteiger partial charge in [-0.05, 0) is 74.7 Å². The predicted molar refractivity (Wildman–Crippen MR) is 78.7 cm³/mol. The Balaban J connectivity index is 1.52. The van der Waals surface area contributed by atoms with Crippen LogP contribution < -0.4 is 10.1 Å². The van der Waals surface area contributed by atoms with Gasteiger partial charge in [-0.2, -0.15) is 0 Å². The first-order chi connectivity index (χ1) is 9.36. The number of nitrogens with one attached hydrogen (secondary N) is 1. The first-order valence-electron chi connectivity index (χ1n) is 7.84. The summed E-state index contributed by atoms with van der Waals surface area (Å²) in [5.74, 6) is 2.65. The largest absolute Gasteiger partial charge is 0.490 e. The van der Waals surface area contributed by atoms with E-state index in [1.807, 2.05) is 0 Å². The summed E-state index contributed by atoms with van der Waals surface area (Å²) >= 11 is 0. The number of hydrogen-bond acceptors (Lipinski definition) is 2. The maximum atomic E-state index is 5.81. The average molecular weight is 259 g/mol. The minimum Gasteiger partial charge on any atom is -0.490 e. The highest BCUT2D eigenvalue weighted by Gasteiger charge is 2.31. The van der Waals surface area contributed by atoms with E-state index in [0.29, 0.717) is 6.10 Å². The summed E-state index contributed by atoms with van der Waals surface area (Å²) in [6.07, 6.45) is 6.92. The molecule has 2 nitrogen and oxygen atoms in total.